The molecular formula is C13H16BrClN2O. The Balaban J connectivity index is 1.81. The Morgan fingerprint density at radius 2 is 2.11 bits per heavy atom. The second kappa shape index (κ2) is 6.55. The molecule has 0 aliphatic carbocycles. The monoisotopic (exact) mass is 330 g/mol. The van der Waals surface area contributed by atoms with Crippen LogP contribution in [0.3, 0.4) is 0 Å². The van der Waals surface area contributed by atoms with Gasteiger partial charge in [-0.1, -0.05) is 27.5 Å². The zero-order valence-electron chi connectivity index (χ0n) is 10.1. The number of hydrogen-bond donors (Lipinski definition) is 1. The molecule has 1 fully saturated rings. The molecule has 1 saturated heterocycles. The van der Waals surface area contributed by atoms with Gasteiger partial charge in [0, 0.05) is 29.1 Å². The molecule has 0 atom stereocenters. The number of likely N-dealkylation sites (tertiary alicyclic amines) is 1. The van der Waals surface area contributed by atoms with Crippen molar-refractivity contribution < 1.29 is 4.79 Å². The molecule has 1 N–H and O–H groups in total. The SMILES string of the molecule is O=C(CNCc1cc(Br)ccc1Cl)N1CCCC1. The van der Waals surface area contributed by atoms with Crippen LogP contribution >= 0.6 is 27.5 Å². The zero-order chi connectivity index (χ0) is 13.0. The summed E-state index contributed by atoms with van der Waals surface area (Å²) in [5.41, 5.74) is 1.00. The van der Waals surface area contributed by atoms with Gasteiger partial charge in [-0.2, -0.15) is 0 Å². The van der Waals surface area contributed by atoms with Gasteiger partial charge in [0.05, 0.1) is 6.54 Å². The smallest absolute Gasteiger partial charge is 0.236 e. The van der Waals surface area contributed by atoms with Crippen LogP contribution in [0.2, 0.25) is 5.02 Å². The molecule has 0 unspecified atom stereocenters. The van der Waals surface area contributed by atoms with Gasteiger partial charge in [0.15, 0.2) is 0 Å². The number of nitrogens with one attached hydrogen (secondary N) is 1. The van der Waals surface area contributed by atoms with Crippen molar-refractivity contribution in [2.75, 3.05) is 19.6 Å². The molecule has 0 spiro atoms. The Bertz CT molecular complexity index is 433. The Kier molecular flexibility index (Phi) is 5.03. The largest absolute Gasteiger partial charge is 0.342 e. The summed E-state index contributed by atoms with van der Waals surface area (Å²) in [5.74, 6) is 0.179. The van der Waals surface area contributed by atoms with Gasteiger partial charge in [-0.15, -0.1) is 0 Å². The maximum absolute atomic E-state index is 11.8. The predicted molar refractivity (Wildman–Crippen MR) is 76.7 cm³/mol. The van der Waals surface area contributed by atoms with Gasteiger partial charge in [-0.3, -0.25) is 4.79 Å². The molecule has 0 aromatic heterocycles. The molecule has 3 nitrogen and oxygen atoms in total. The second-order valence-electron chi connectivity index (χ2n) is 4.43. The van der Waals surface area contributed by atoms with Gasteiger partial charge in [0.1, 0.15) is 0 Å². The molecule has 0 radical (unpaired) electrons. The van der Waals surface area contributed by atoms with Crippen molar-refractivity contribution in [2.45, 2.75) is 19.4 Å². The first-order valence-electron chi connectivity index (χ1n) is 6.09. The van der Waals surface area contributed by atoms with E-state index in [9.17, 15) is 4.79 Å². The molecular weight excluding hydrogens is 316 g/mol. The molecule has 5 heteroatoms. The van der Waals surface area contributed by atoms with Crippen LogP contribution in [0.15, 0.2) is 22.7 Å². The lowest BCUT2D eigenvalue weighted by atomic mass is 10.2. The van der Waals surface area contributed by atoms with Gasteiger partial charge in [0.2, 0.25) is 5.91 Å². The third kappa shape index (κ3) is 3.70. The summed E-state index contributed by atoms with van der Waals surface area (Å²) < 4.78 is 0.995. The van der Waals surface area contributed by atoms with Crippen LogP contribution in [0.1, 0.15) is 18.4 Å². The van der Waals surface area contributed by atoms with Gasteiger partial charge in [-0.25, -0.2) is 0 Å². The summed E-state index contributed by atoms with van der Waals surface area (Å²) in [6.45, 7) is 2.79. The fourth-order valence-corrected chi connectivity index (χ4v) is 2.65. The van der Waals surface area contributed by atoms with E-state index in [-0.39, 0.29) is 5.91 Å². The molecule has 18 heavy (non-hydrogen) atoms. The van der Waals surface area contributed by atoms with Crippen LogP contribution in [-0.4, -0.2) is 30.4 Å². The molecule has 1 heterocycles. The van der Waals surface area contributed by atoms with Gasteiger partial charge < -0.3 is 10.2 Å². The second-order valence-corrected chi connectivity index (χ2v) is 5.75. The van der Waals surface area contributed by atoms with Crippen molar-refractivity contribution in [2.24, 2.45) is 0 Å². The molecule has 98 valence electrons. The fraction of sp³-hybridized carbons (Fsp3) is 0.462. The summed E-state index contributed by atoms with van der Waals surface area (Å²) in [6.07, 6.45) is 2.26. The van der Waals surface area contributed by atoms with Crippen LogP contribution in [0, 0.1) is 0 Å². The summed E-state index contributed by atoms with van der Waals surface area (Å²) >= 11 is 9.49. The minimum absolute atomic E-state index is 0.179. The zero-order valence-corrected chi connectivity index (χ0v) is 12.4. The maximum atomic E-state index is 11.8. The molecule has 0 bridgehead atoms. The van der Waals surface area contributed by atoms with E-state index in [1.807, 2.05) is 23.1 Å². The van der Waals surface area contributed by atoms with Crippen LogP contribution in [0.4, 0.5) is 0 Å². The average molecular weight is 332 g/mol. The Hall–Kier alpha value is -0.580. The molecule has 1 aliphatic heterocycles. The summed E-state index contributed by atoms with van der Waals surface area (Å²) in [7, 11) is 0. The van der Waals surface area contributed by atoms with Crippen molar-refractivity contribution >= 4 is 33.4 Å². The van der Waals surface area contributed by atoms with E-state index in [1.54, 1.807) is 0 Å². The molecule has 0 saturated carbocycles. The standard InChI is InChI=1S/C13H16BrClN2O/c14-11-3-4-12(15)10(7-11)8-16-9-13(18)17-5-1-2-6-17/h3-4,7,16H,1-2,5-6,8-9H2. The predicted octanol–water partition coefficient (Wildman–Crippen LogP) is 2.81. The van der Waals surface area contributed by atoms with Crippen molar-refractivity contribution in [3.63, 3.8) is 0 Å². The van der Waals surface area contributed by atoms with Crippen molar-refractivity contribution in [3.8, 4) is 0 Å². The normalized spacial score (nSPS) is 15.1. The maximum Gasteiger partial charge on any atom is 0.236 e. The number of hydrogen-bond acceptors (Lipinski definition) is 2. The summed E-state index contributed by atoms with van der Waals surface area (Å²) in [6, 6.07) is 5.72. The van der Waals surface area contributed by atoms with E-state index >= 15 is 0 Å². The van der Waals surface area contributed by atoms with E-state index in [2.05, 4.69) is 21.2 Å². The Morgan fingerprint density at radius 3 is 2.83 bits per heavy atom. The quantitative estimate of drug-likeness (QED) is 0.920. The lowest BCUT2D eigenvalue weighted by molar-refractivity contribution is -0.129. The number of amides is 1. The number of rotatable bonds is 4. The number of benzene rings is 1. The highest BCUT2D eigenvalue weighted by atomic mass is 79.9. The number of carbonyl (C=O) groups excluding carboxylic acids is 1. The molecule has 1 amide bonds. The van der Waals surface area contributed by atoms with E-state index in [0.717, 1.165) is 41.0 Å². The first kappa shape index (κ1) is 13.8. The lowest BCUT2D eigenvalue weighted by Gasteiger charge is -2.15. The number of nitrogens with zero attached hydrogens (tertiary/aromatic N) is 1. The van der Waals surface area contributed by atoms with Crippen molar-refractivity contribution in [1.82, 2.24) is 10.2 Å². The molecule has 2 rings (SSSR count). The topological polar surface area (TPSA) is 32.3 Å². The van der Waals surface area contributed by atoms with Gasteiger partial charge in [-0.05, 0) is 36.6 Å². The highest BCUT2D eigenvalue weighted by Crippen LogP contribution is 2.20. The first-order valence-corrected chi connectivity index (χ1v) is 7.26. The van der Waals surface area contributed by atoms with Crippen LogP contribution in [0.5, 0.6) is 0 Å². The van der Waals surface area contributed by atoms with Crippen LogP contribution in [0.25, 0.3) is 0 Å². The molecule has 1 aliphatic rings. The first-order chi connectivity index (χ1) is 8.66. The Morgan fingerprint density at radius 1 is 1.39 bits per heavy atom. The van der Waals surface area contributed by atoms with E-state index in [1.165, 1.54) is 0 Å². The van der Waals surface area contributed by atoms with Crippen molar-refractivity contribution in [3.05, 3.63) is 33.3 Å². The van der Waals surface area contributed by atoms with Crippen molar-refractivity contribution in [1.29, 1.82) is 0 Å². The third-order valence-corrected chi connectivity index (χ3v) is 3.92. The summed E-state index contributed by atoms with van der Waals surface area (Å²) in [4.78, 5) is 13.7. The highest BCUT2D eigenvalue weighted by molar-refractivity contribution is 9.10. The third-order valence-electron chi connectivity index (χ3n) is 3.06. The summed E-state index contributed by atoms with van der Waals surface area (Å²) in [5, 5.41) is 3.87. The van der Waals surface area contributed by atoms with Crippen LogP contribution in [-0.2, 0) is 11.3 Å². The molecule has 1 aromatic rings. The number of halogens is 2. The van der Waals surface area contributed by atoms with E-state index in [0.29, 0.717) is 13.1 Å². The average Bonchev–Trinajstić information content (AvgIpc) is 2.87. The fourth-order valence-electron chi connectivity index (χ4n) is 2.06. The van der Waals surface area contributed by atoms with Gasteiger partial charge >= 0.3 is 0 Å². The minimum Gasteiger partial charge on any atom is -0.342 e. The minimum atomic E-state index is 0.179. The molecule has 1 aromatic carbocycles. The highest BCUT2D eigenvalue weighted by Gasteiger charge is 2.17. The van der Waals surface area contributed by atoms with Gasteiger partial charge in [0.25, 0.3) is 0 Å². The van der Waals surface area contributed by atoms with E-state index in [4.69, 9.17) is 11.6 Å². The van der Waals surface area contributed by atoms with Crippen LogP contribution < -0.4 is 5.32 Å². The Labute approximate surface area is 121 Å². The van der Waals surface area contributed by atoms with E-state index < -0.39 is 0 Å². The lowest BCUT2D eigenvalue weighted by Crippen LogP contribution is -2.36. The number of carbonyl (C=O) groups is 1.